The van der Waals surface area contributed by atoms with E-state index in [0.29, 0.717) is 12.5 Å². The summed E-state index contributed by atoms with van der Waals surface area (Å²) >= 11 is 0. The maximum atomic E-state index is 12.2. The van der Waals surface area contributed by atoms with Crippen molar-refractivity contribution >= 4 is 5.91 Å². The summed E-state index contributed by atoms with van der Waals surface area (Å²) in [5.41, 5.74) is 0. The first-order chi connectivity index (χ1) is 8.65. The predicted molar refractivity (Wildman–Crippen MR) is 66.2 cm³/mol. The lowest BCUT2D eigenvalue weighted by molar-refractivity contribution is -0.00198. The number of hydrogen-bond donors (Lipinski definition) is 1. The number of carbonyl (C=O) groups excluding carboxylic acids is 1. The predicted octanol–water partition coefficient (Wildman–Crippen LogP) is 0.864. The Morgan fingerprint density at radius 2 is 2.39 bits per heavy atom. The van der Waals surface area contributed by atoms with Crippen molar-refractivity contribution in [2.75, 3.05) is 20.2 Å². The number of ether oxygens (including phenoxy) is 1. The lowest BCUT2D eigenvalue weighted by Gasteiger charge is -2.35. The Morgan fingerprint density at radius 1 is 1.61 bits per heavy atom. The van der Waals surface area contributed by atoms with Crippen molar-refractivity contribution in [3.05, 3.63) is 11.6 Å². The van der Waals surface area contributed by atoms with E-state index in [4.69, 9.17) is 4.74 Å². The zero-order valence-electron chi connectivity index (χ0n) is 11.1. The lowest BCUT2D eigenvalue weighted by Crippen LogP contribution is -2.46. The minimum atomic E-state index is -0.111. The molecule has 0 aliphatic carbocycles. The normalized spacial score (nSPS) is 24.3. The third-order valence-electron chi connectivity index (χ3n) is 3.54. The molecule has 1 saturated heterocycles. The standard InChI is InChI=1S/C12H20N4O2/c1-4-10-13-11(15-14-10)12(17)16-6-5-8(2)9(7-16)18-3/h8-9H,4-7H2,1-3H3,(H,13,14,15). The van der Waals surface area contributed by atoms with Gasteiger partial charge in [0.25, 0.3) is 5.91 Å². The van der Waals surface area contributed by atoms with Gasteiger partial charge >= 0.3 is 0 Å². The molecule has 2 atom stereocenters. The van der Waals surface area contributed by atoms with Crippen LogP contribution in [0, 0.1) is 5.92 Å². The molecule has 0 bridgehead atoms. The SMILES string of the molecule is CCc1nc(C(=O)N2CCC(C)C(OC)C2)n[nH]1. The van der Waals surface area contributed by atoms with Crippen LogP contribution in [-0.2, 0) is 11.2 Å². The van der Waals surface area contributed by atoms with E-state index < -0.39 is 0 Å². The van der Waals surface area contributed by atoms with Crippen LogP contribution in [-0.4, -0.2) is 52.3 Å². The van der Waals surface area contributed by atoms with Gasteiger partial charge in [-0.25, -0.2) is 4.98 Å². The Labute approximate surface area is 107 Å². The molecule has 0 spiro atoms. The highest BCUT2D eigenvalue weighted by atomic mass is 16.5. The average Bonchev–Trinajstić information content (AvgIpc) is 2.87. The molecule has 1 amide bonds. The number of nitrogens with one attached hydrogen (secondary N) is 1. The first-order valence-electron chi connectivity index (χ1n) is 6.39. The van der Waals surface area contributed by atoms with Gasteiger partial charge in [0.05, 0.1) is 6.10 Å². The maximum Gasteiger partial charge on any atom is 0.293 e. The van der Waals surface area contributed by atoms with Crippen LogP contribution in [0.4, 0.5) is 0 Å². The summed E-state index contributed by atoms with van der Waals surface area (Å²) in [5.74, 6) is 1.38. The first kappa shape index (κ1) is 13.0. The van der Waals surface area contributed by atoms with Crippen LogP contribution in [0.3, 0.4) is 0 Å². The van der Waals surface area contributed by atoms with Crippen molar-refractivity contribution < 1.29 is 9.53 Å². The first-order valence-corrected chi connectivity index (χ1v) is 6.39. The van der Waals surface area contributed by atoms with E-state index in [1.807, 2.05) is 6.92 Å². The molecule has 18 heavy (non-hydrogen) atoms. The van der Waals surface area contributed by atoms with Crippen molar-refractivity contribution in [2.45, 2.75) is 32.8 Å². The van der Waals surface area contributed by atoms with Crippen LogP contribution >= 0.6 is 0 Å². The second kappa shape index (κ2) is 5.48. The quantitative estimate of drug-likeness (QED) is 0.866. The smallest absolute Gasteiger partial charge is 0.293 e. The molecule has 100 valence electrons. The molecule has 1 aromatic rings. The molecule has 0 aromatic carbocycles. The molecule has 0 radical (unpaired) electrons. The zero-order chi connectivity index (χ0) is 13.1. The highest BCUT2D eigenvalue weighted by Gasteiger charge is 2.30. The summed E-state index contributed by atoms with van der Waals surface area (Å²) in [6.45, 7) is 5.48. The second-order valence-corrected chi connectivity index (χ2v) is 4.75. The number of aromatic nitrogens is 3. The largest absolute Gasteiger partial charge is 0.379 e. The maximum absolute atomic E-state index is 12.2. The molecule has 2 heterocycles. The fraction of sp³-hybridized carbons (Fsp3) is 0.750. The van der Waals surface area contributed by atoms with Crippen molar-refractivity contribution in [3.63, 3.8) is 0 Å². The van der Waals surface area contributed by atoms with Crippen molar-refractivity contribution in [3.8, 4) is 0 Å². The van der Waals surface area contributed by atoms with E-state index in [-0.39, 0.29) is 17.8 Å². The highest BCUT2D eigenvalue weighted by Crippen LogP contribution is 2.20. The molecule has 0 saturated carbocycles. The van der Waals surface area contributed by atoms with E-state index in [1.165, 1.54) is 0 Å². The third-order valence-corrected chi connectivity index (χ3v) is 3.54. The average molecular weight is 252 g/mol. The van der Waals surface area contributed by atoms with E-state index >= 15 is 0 Å². The number of methoxy groups -OCH3 is 1. The summed E-state index contributed by atoms with van der Waals surface area (Å²) < 4.78 is 5.40. The van der Waals surface area contributed by atoms with Crippen LogP contribution < -0.4 is 0 Å². The Hall–Kier alpha value is -1.43. The fourth-order valence-corrected chi connectivity index (χ4v) is 2.22. The highest BCUT2D eigenvalue weighted by molar-refractivity contribution is 5.90. The molecular formula is C12H20N4O2. The number of hydrogen-bond acceptors (Lipinski definition) is 4. The van der Waals surface area contributed by atoms with Gasteiger partial charge in [0.1, 0.15) is 5.82 Å². The number of aryl methyl sites for hydroxylation is 1. The molecule has 6 nitrogen and oxygen atoms in total. The van der Waals surface area contributed by atoms with Crippen LogP contribution in [0.2, 0.25) is 0 Å². The van der Waals surface area contributed by atoms with Crippen LogP contribution in [0.15, 0.2) is 0 Å². The summed E-state index contributed by atoms with van der Waals surface area (Å²) in [6, 6.07) is 0. The number of carbonyl (C=O) groups is 1. The number of nitrogens with zero attached hydrogens (tertiary/aromatic N) is 3. The lowest BCUT2D eigenvalue weighted by atomic mass is 9.96. The fourth-order valence-electron chi connectivity index (χ4n) is 2.22. The number of amides is 1. The van der Waals surface area contributed by atoms with Gasteiger partial charge in [0, 0.05) is 26.6 Å². The Kier molecular flexibility index (Phi) is 3.96. The van der Waals surface area contributed by atoms with E-state index in [2.05, 4.69) is 22.1 Å². The number of likely N-dealkylation sites (tertiary alicyclic amines) is 1. The van der Waals surface area contributed by atoms with Gasteiger partial charge in [-0.1, -0.05) is 13.8 Å². The van der Waals surface area contributed by atoms with Gasteiger partial charge in [-0.15, -0.1) is 5.10 Å². The van der Waals surface area contributed by atoms with E-state index in [0.717, 1.165) is 25.2 Å². The Bertz CT molecular complexity index is 418. The summed E-state index contributed by atoms with van der Waals surface area (Å²) in [4.78, 5) is 18.2. The molecule has 1 aliphatic rings. The molecule has 1 aliphatic heterocycles. The molecule has 6 heteroatoms. The van der Waals surface area contributed by atoms with Gasteiger partial charge in [-0.2, -0.15) is 0 Å². The molecule has 2 unspecified atom stereocenters. The van der Waals surface area contributed by atoms with Gasteiger partial charge in [-0.3, -0.25) is 9.89 Å². The van der Waals surface area contributed by atoms with E-state index in [9.17, 15) is 4.79 Å². The van der Waals surface area contributed by atoms with Gasteiger partial charge in [0.15, 0.2) is 0 Å². The number of piperidine rings is 1. The van der Waals surface area contributed by atoms with Crippen LogP contribution in [0.1, 0.15) is 36.7 Å². The van der Waals surface area contributed by atoms with Gasteiger partial charge < -0.3 is 9.64 Å². The summed E-state index contributed by atoms with van der Waals surface area (Å²) in [6.07, 6.45) is 1.81. The zero-order valence-corrected chi connectivity index (χ0v) is 11.1. The molecule has 1 N–H and O–H groups in total. The summed E-state index contributed by atoms with van der Waals surface area (Å²) in [5, 5.41) is 6.73. The summed E-state index contributed by atoms with van der Waals surface area (Å²) in [7, 11) is 1.69. The number of rotatable bonds is 3. The van der Waals surface area contributed by atoms with Crippen molar-refractivity contribution in [2.24, 2.45) is 5.92 Å². The van der Waals surface area contributed by atoms with E-state index in [1.54, 1.807) is 12.0 Å². The second-order valence-electron chi connectivity index (χ2n) is 4.75. The number of aromatic amines is 1. The van der Waals surface area contributed by atoms with Crippen molar-refractivity contribution in [1.29, 1.82) is 0 Å². The number of H-pyrrole nitrogens is 1. The Morgan fingerprint density at radius 3 is 3.00 bits per heavy atom. The third kappa shape index (κ3) is 2.53. The molecule has 1 aromatic heterocycles. The Balaban J connectivity index is 2.05. The molecular weight excluding hydrogens is 232 g/mol. The van der Waals surface area contributed by atoms with Gasteiger partial charge in [0.2, 0.25) is 5.82 Å². The minimum absolute atomic E-state index is 0.104. The molecule has 1 fully saturated rings. The van der Waals surface area contributed by atoms with Crippen LogP contribution in [0.5, 0.6) is 0 Å². The van der Waals surface area contributed by atoms with Crippen LogP contribution in [0.25, 0.3) is 0 Å². The molecule has 2 rings (SSSR count). The van der Waals surface area contributed by atoms with Gasteiger partial charge in [-0.05, 0) is 12.3 Å². The van der Waals surface area contributed by atoms with Crippen molar-refractivity contribution in [1.82, 2.24) is 20.1 Å². The topological polar surface area (TPSA) is 71.1 Å². The monoisotopic (exact) mass is 252 g/mol. The minimum Gasteiger partial charge on any atom is -0.379 e.